The summed E-state index contributed by atoms with van der Waals surface area (Å²) < 4.78 is 12.3. The van der Waals surface area contributed by atoms with Gasteiger partial charge >= 0.3 is 5.69 Å². The number of hydrogen-bond donors (Lipinski definition) is 0. The lowest BCUT2D eigenvalue weighted by Crippen LogP contribution is -2.39. The number of imidazole rings is 2. The molecule has 1 aromatic carbocycles. The highest BCUT2D eigenvalue weighted by Gasteiger charge is 2.21. The molecule has 0 atom stereocenters. The van der Waals surface area contributed by atoms with Gasteiger partial charge in [-0.05, 0) is 38.3 Å². The number of nitrogens with zero attached hydrogens (tertiary/aromatic N) is 5. The van der Waals surface area contributed by atoms with Crippen molar-refractivity contribution in [1.82, 2.24) is 23.1 Å². The van der Waals surface area contributed by atoms with Crippen LogP contribution in [0.4, 0.5) is 0 Å². The van der Waals surface area contributed by atoms with E-state index >= 15 is 0 Å². The van der Waals surface area contributed by atoms with Crippen LogP contribution in [0.2, 0.25) is 0 Å². The summed E-state index contributed by atoms with van der Waals surface area (Å²) >= 11 is 0. The van der Waals surface area contributed by atoms with Crippen molar-refractivity contribution >= 4 is 16.9 Å². The fourth-order valence-corrected chi connectivity index (χ4v) is 3.81. The minimum absolute atomic E-state index is 0.309. The van der Waals surface area contributed by atoms with E-state index in [1.54, 1.807) is 11.4 Å². The summed E-state index contributed by atoms with van der Waals surface area (Å²) in [5.41, 5.74) is 1.89. The Morgan fingerprint density at radius 1 is 1.17 bits per heavy atom. The Hall–Kier alpha value is -3.29. The molecule has 0 amide bonds. The Morgan fingerprint density at radius 3 is 2.60 bits per heavy atom. The number of aromatic nitrogens is 5. The van der Waals surface area contributed by atoms with Crippen LogP contribution >= 0.6 is 0 Å². The molecular formula is C22H27N5O3. The second-order valence-electron chi connectivity index (χ2n) is 7.94. The number of benzene rings is 1. The molecule has 0 radical (unpaired) electrons. The van der Waals surface area contributed by atoms with Crippen LogP contribution in [0.25, 0.3) is 22.6 Å². The van der Waals surface area contributed by atoms with Crippen LogP contribution in [0.3, 0.4) is 0 Å². The molecule has 3 heterocycles. The number of ether oxygens (including phenoxy) is 1. The minimum Gasteiger partial charge on any atom is -0.492 e. The molecule has 158 valence electrons. The molecular weight excluding hydrogens is 382 g/mol. The van der Waals surface area contributed by atoms with Gasteiger partial charge in [-0.2, -0.15) is 4.98 Å². The van der Waals surface area contributed by atoms with Gasteiger partial charge in [-0.25, -0.2) is 4.79 Å². The molecule has 0 saturated heterocycles. The molecule has 8 heteroatoms. The van der Waals surface area contributed by atoms with Crippen molar-refractivity contribution in [2.24, 2.45) is 13.0 Å². The predicted octanol–water partition coefficient (Wildman–Crippen LogP) is 2.89. The molecule has 0 bridgehead atoms. The molecule has 0 aliphatic heterocycles. The maximum Gasteiger partial charge on any atom is 0.332 e. The Bertz CT molecular complexity index is 1350. The maximum atomic E-state index is 13.3. The molecule has 4 aromatic rings. The molecule has 0 unspecified atom stereocenters. The summed E-state index contributed by atoms with van der Waals surface area (Å²) in [4.78, 5) is 30.8. The lowest BCUT2D eigenvalue weighted by atomic mass is 10.1. The normalized spacial score (nSPS) is 11.8. The molecule has 0 aliphatic carbocycles. The Balaban J connectivity index is 2.03. The third-order valence-electron chi connectivity index (χ3n) is 5.36. The van der Waals surface area contributed by atoms with E-state index in [1.807, 2.05) is 48.9 Å². The van der Waals surface area contributed by atoms with Gasteiger partial charge in [-0.1, -0.05) is 26.0 Å². The Kier molecular flexibility index (Phi) is 5.01. The number of hydrogen-bond acceptors (Lipinski definition) is 4. The van der Waals surface area contributed by atoms with Gasteiger partial charge in [-0.3, -0.25) is 22.9 Å². The molecule has 3 aromatic heterocycles. The average Bonchev–Trinajstić information content (AvgIpc) is 3.21. The molecule has 0 spiro atoms. The van der Waals surface area contributed by atoms with Crippen molar-refractivity contribution < 1.29 is 4.74 Å². The van der Waals surface area contributed by atoms with E-state index in [0.717, 1.165) is 23.6 Å². The van der Waals surface area contributed by atoms with Crippen molar-refractivity contribution in [3.8, 4) is 11.4 Å². The van der Waals surface area contributed by atoms with Crippen LogP contribution in [-0.2, 0) is 13.6 Å². The lowest BCUT2D eigenvalue weighted by Gasteiger charge is -2.12. The molecule has 0 fully saturated rings. The van der Waals surface area contributed by atoms with Gasteiger partial charge in [0.25, 0.3) is 5.56 Å². The molecule has 0 saturated carbocycles. The van der Waals surface area contributed by atoms with Gasteiger partial charge in [0.15, 0.2) is 11.2 Å². The first-order chi connectivity index (χ1) is 14.3. The van der Waals surface area contributed by atoms with E-state index in [-0.39, 0.29) is 11.2 Å². The van der Waals surface area contributed by atoms with E-state index in [4.69, 9.17) is 9.72 Å². The van der Waals surface area contributed by atoms with Crippen molar-refractivity contribution in [3.63, 3.8) is 0 Å². The number of para-hydroxylation sites is 2. The Labute approximate surface area is 174 Å². The van der Waals surface area contributed by atoms with Crippen LogP contribution < -0.4 is 16.0 Å². The number of rotatable bonds is 6. The summed E-state index contributed by atoms with van der Waals surface area (Å²) in [5.74, 6) is 1.70. The monoisotopic (exact) mass is 409 g/mol. The zero-order valence-electron chi connectivity index (χ0n) is 18.0. The van der Waals surface area contributed by atoms with Gasteiger partial charge in [0.1, 0.15) is 5.75 Å². The van der Waals surface area contributed by atoms with Crippen molar-refractivity contribution in [2.45, 2.75) is 40.7 Å². The van der Waals surface area contributed by atoms with Crippen molar-refractivity contribution in [1.29, 1.82) is 0 Å². The van der Waals surface area contributed by atoms with Crippen LogP contribution in [0, 0.1) is 12.8 Å². The number of fused-ring (bicyclic) bond motifs is 3. The summed E-state index contributed by atoms with van der Waals surface area (Å²) in [5, 5.41) is 0. The molecule has 30 heavy (non-hydrogen) atoms. The quantitative estimate of drug-likeness (QED) is 0.491. The van der Waals surface area contributed by atoms with E-state index in [9.17, 15) is 9.59 Å². The highest BCUT2D eigenvalue weighted by atomic mass is 16.5. The zero-order valence-corrected chi connectivity index (χ0v) is 18.0. The summed E-state index contributed by atoms with van der Waals surface area (Å²) in [6, 6.07) is 7.72. The van der Waals surface area contributed by atoms with E-state index < -0.39 is 0 Å². The first-order valence-electron chi connectivity index (χ1n) is 10.3. The zero-order chi connectivity index (χ0) is 21.6. The fourth-order valence-electron chi connectivity index (χ4n) is 3.81. The van der Waals surface area contributed by atoms with Gasteiger partial charge in [0.05, 0.1) is 12.3 Å². The van der Waals surface area contributed by atoms with Gasteiger partial charge in [0, 0.05) is 25.5 Å². The highest BCUT2D eigenvalue weighted by Crippen LogP contribution is 2.27. The molecule has 8 nitrogen and oxygen atoms in total. The third-order valence-corrected chi connectivity index (χ3v) is 5.36. The van der Waals surface area contributed by atoms with Crippen LogP contribution in [-0.4, -0.2) is 29.7 Å². The standard InChI is InChI=1S/C22H27N5O3/c1-6-30-17-10-8-7-9-16(17)27-15(4)13-26-18-19(23-21(26)27)24(5)22(29)25(20(18)28)12-11-14(2)3/h7-10,13-14H,6,11-12H2,1-5H3. The lowest BCUT2D eigenvalue weighted by molar-refractivity contribution is 0.339. The van der Waals surface area contributed by atoms with Crippen LogP contribution in [0.15, 0.2) is 40.1 Å². The summed E-state index contributed by atoms with van der Waals surface area (Å²) in [6.07, 6.45) is 2.64. The average molecular weight is 409 g/mol. The smallest absolute Gasteiger partial charge is 0.332 e. The second-order valence-corrected chi connectivity index (χ2v) is 7.94. The van der Waals surface area contributed by atoms with Crippen molar-refractivity contribution in [3.05, 3.63) is 57.0 Å². The maximum absolute atomic E-state index is 13.3. The van der Waals surface area contributed by atoms with Crippen LogP contribution in [0.5, 0.6) is 5.75 Å². The number of aryl methyl sites for hydroxylation is 2. The van der Waals surface area contributed by atoms with Crippen molar-refractivity contribution in [2.75, 3.05) is 6.61 Å². The van der Waals surface area contributed by atoms with E-state index in [0.29, 0.717) is 36.0 Å². The third kappa shape index (κ3) is 3.03. The first-order valence-corrected chi connectivity index (χ1v) is 10.3. The van der Waals surface area contributed by atoms with Gasteiger partial charge in [-0.15, -0.1) is 0 Å². The Morgan fingerprint density at radius 2 is 1.90 bits per heavy atom. The first kappa shape index (κ1) is 20.0. The van der Waals surface area contributed by atoms with Crippen LogP contribution in [0.1, 0.15) is 32.9 Å². The predicted molar refractivity (Wildman–Crippen MR) is 117 cm³/mol. The topological polar surface area (TPSA) is 75.5 Å². The van der Waals surface area contributed by atoms with E-state index in [2.05, 4.69) is 13.8 Å². The largest absolute Gasteiger partial charge is 0.492 e. The summed E-state index contributed by atoms with van der Waals surface area (Å²) in [7, 11) is 1.66. The fraction of sp³-hybridized carbons (Fsp3) is 0.409. The SMILES string of the molecule is CCOc1ccccc1-n1c(C)cn2c3c(=O)n(CCC(C)C)c(=O)n(C)c3nc12. The minimum atomic E-state index is -0.341. The molecule has 0 N–H and O–H groups in total. The molecule has 4 rings (SSSR count). The highest BCUT2D eigenvalue weighted by molar-refractivity contribution is 5.76. The van der Waals surface area contributed by atoms with Gasteiger partial charge < -0.3 is 4.74 Å². The molecule has 0 aliphatic rings. The van der Waals surface area contributed by atoms with Gasteiger partial charge in [0.2, 0.25) is 5.78 Å². The second kappa shape index (κ2) is 7.51. The van der Waals surface area contributed by atoms with E-state index in [1.165, 1.54) is 9.13 Å². The summed E-state index contributed by atoms with van der Waals surface area (Å²) in [6.45, 7) is 8.98.